The Balaban J connectivity index is 0.000000564. The molecule has 0 saturated carbocycles. The van der Waals surface area contributed by atoms with Gasteiger partial charge in [0.25, 0.3) is 0 Å². The Morgan fingerprint density at radius 1 is 0.933 bits per heavy atom. The Labute approximate surface area is 184 Å². The van der Waals surface area contributed by atoms with Gasteiger partial charge in [0, 0.05) is 24.0 Å². The Morgan fingerprint density at radius 3 is 2.07 bits per heavy atom. The molecule has 2 aromatic carbocycles. The lowest BCUT2D eigenvalue weighted by Crippen LogP contribution is -2.35. The number of rotatable bonds is 4. The van der Waals surface area contributed by atoms with E-state index in [4.69, 9.17) is 4.99 Å². The van der Waals surface area contributed by atoms with Gasteiger partial charge in [-0.25, -0.2) is 4.99 Å². The van der Waals surface area contributed by atoms with E-state index in [0.29, 0.717) is 0 Å². The predicted octanol–water partition coefficient (Wildman–Crippen LogP) is 7.71. The summed E-state index contributed by atoms with van der Waals surface area (Å²) in [5.41, 5.74) is 4.67. The van der Waals surface area contributed by atoms with Crippen molar-refractivity contribution >= 4 is 11.5 Å². The van der Waals surface area contributed by atoms with Crippen molar-refractivity contribution in [1.29, 1.82) is 0 Å². The number of benzene rings is 2. The molecule has 3 heteroatoms. The summed E-state index contributed by atoms with van der Waals surface area (Å²) in [4.78, 5) is 7.22. The van der Waals surface area contributed by atoms with E-state index in [1.54, 1.807) is 0 Å². The molecule has 0 radical (unpaired) electrons. The molecule has 1 unspecified atom stereocenters. The lowest BCUT2D eigenvalue weighted by Gasteiger charge is -2.34. The summed E-state index contributed by atoms with van der Waals surface area (Å²) in [6.07, 6.45) is 7.07. The van der Waals surface area contributed by atoms with E-state index in [2.05, 4.69) is 113 Å². The van der Waals surface area contributed by atoms with Crippen molar-refractivity contribution < 1.29 is 0 Å². The monoisotopic (exact) mass is 407 g/mol. The van der Waals surface area contributed by atoms with Gasteiger partial charge in [-0.2, -0.15) is 0 Å². The average Bonchev–Trinajstić information content (AvgIpc) is 2.77. The van der Waals surface area contributed by atoms with Gasteiger partial charge in [0.2, 0.25) is 0 Å². The van der Waals surface area contributed by atoms with Crippen molar-refractivity contribution in [1.82, 2.24) is 5.32 Å². The average molecular weight is 408 g/mol. The molecular weight excluding hydrogens is 366 g/mol. The summed E-state index contributed by atoms with van der Waals surface area (Å²) < 4.78 is 0. The number of amidine groups is 1. The zero-order valence-electron chi connectivity index (χ0n) is 20.1. The van der Waals surface area contributed by atoms with Crippen LogP contribution in [-0.4, -0.2) is 12.9 Å². The summed E-state index contributed by atoms with van der Waals surface area (Å²) in [7, 11) is 2.10. The first kappa shape index (κ1) is 25.5. The Hall–Kier alpha value is -2.55. The topological polar surface area (TPSA) is 27.6 Å². The molecule has 0 spiro atoms. The number of hydrogen-bond acceptors (Lipinski definition) is 3. The summed E-state index contributed by atoms with van der Waals surface area (Å²) in [6.45, 7) is 12.8. The number of anilines is 1. The van der Waals surface area contributed by atoms with Crippen LogP contribution < -0.4 is 10.2 Å². The molecule has 0 saturated heterocycles. The fraction of sp³-hybridized carbons (Fsp3) is 0.444. The Bertz CT molecular complexity index is 776. The van der Waals surface area contributed by atoms with Crippen molar-refractivity contribution in [2.45, 2.75) is 73.4 Å². The first-order valence-electron chi connectivity index (χ1n) is 11.4. The minimum absolute atomic E-state index is 0.0111. The minimum atomic E-state index is -0.0111. The molecule has 0 fully saturated rings. The van der Waals surface area contributed by atoms with Crippen LogP contribution in [0.4, 0.5) is 5.69 Å². The van der Waals surface area contributed by atoms with Crippen LogP contribution in [0.1, 0.15) is 84.5 Å². The number of allylic oxidation sites excluding steroid dienone is 2. The van der Waals surface area contributed by atoms with Gasteiger partial charge in [0.05, 0.1) is 0 Å². The molecular formula is C27H41N3. The first-order valence-corrected chi connectivity index (χ1v) is 11.4. The van der Waals surface area contributed by atoms with E-state index in [1.807, 2.05) is 6.07 Å². The van der Waals surface area contributed by atoms with Crippen molar-refractivity contribution in [2.75, 3.05) is 11.9 Å². The first-order chi connectivity index (χ1) is 14.5. The lowest BCUT2D eigenvalue weighted by molar-refractivity contribution is 0.692. The SMILES string of the molecule is CC/C=C(\C)NC1=NC(c2ccccc2)N(C)c2ccccc21.CCC.CCCC. The van der Waals surface area contributed by atoms with Gasteiger partial charge in [0.15, 0.2) is 0 Å². The van der Waals surface area contributed by atoms with Crippen LogP contribution in [0.25, 0.3) is 0 Å². The van der Waals surface area contributed by atoms with Crippen molar-refractivity contribution in [3.63, 3.8) is 0 Å². The molecule has 3 nitrogen and oxygen atoms in total. The number of hydrogen-bond donors (Lipinski definition) is 1. The normalized spacial score (nSPS) is 15.0. The second kappa shape index (κ2) is 14.4. The van der Waals surface area contributed by atoms with Crippen LogP contribution in [0, 0.1) is 0 Å². The molecule has 0 aliphatic carbocycles. The number of nitrogens with zero attached hydrogens (tertiary/aromatic N) is 2. The Morgan fingerprint density at radius 2 is 1.50 bits per heavy atom. The predicted molar refractivity (Wildman–Crippen MR) is 134 cm³/mol. The zero-order valence-corrected chi connectivity index (χ0v) is 20.1. The van der Waals surface area contributed by atoms with Crippen LogP contribution in [0.15, 0.2) is 71.4 Å². The molecule has 164 valence electrons. The molecule has 30 heavy (non-hydrogen) atoms. The van der Waals surface area contributed by atoms with Crippen LogP contribution in [0.2, 0.25) is 0 Å². The number of para-hydroxylation sites is 1. The van der Waals surface area contributed by atoms with E-state index in [0.717, 1.165) is 23.5 Å². The summed E-state index contributed by atoms with van der Waals surface area (Å²) in [6, 6.07) is 18.8. The van der Waals surface area contributed by atoms with E-state index >= 15 is 0 Å². The summed E-state index contributed by atoms with van der Waals surface area (Å²) in [5, 5.41) is 3.48. The molecule has 2 aromatic rings. The second-order valence-corrected chi connectivity index (χ2v) is 7.52. The van der Waals surface area contributed by atoms with Gasteiger partial charge in [0.1, 0.15) is 12.0 Å². The third kappa shape index (κ3) is 7.70. The van der Waals surface area contributed by atoms with Gasteiger partial charge < -0.3 is 10.2 Å². The number of fused-ring (bicyclic) bond motifs is 1. The van der Waals surface area contributed by atoms with Crippen molar-refractivity contribution in [3.05, 3.63) is 77.5 Å². The van der Waals surface area contributed by atoms with Crippen molar-refractivity contribution in [2.24, 2.45) is 4.99 Å². The summed E-state index contributed by atoms with van der Waals surface area (Å²) in [5.74, 6) is 0.940. The maximum atomic E-state index is 4.99. The molecule has 3 rings (SSSR count). The largest absolute Gasteiger partial charge is 0.348 e. The molecule has 1 atom stereocenters. The molecule has 1 aliphatic rings. The highest BCUT2D eigenvalue weighted by atomic mass is 15.3. The van der Waals surface area contributed by atoms with Crippen molar-refractivity contribution in [3.8, 4) is 0 Å². The molecule has 1 N–H and O–H groups in total. The lowest BCUT2D eigenvalue weighted by atomic mass is 10.0. The van der Waals surface area contributed by atoms with Gasteiger partial charge in [-0.05, 0) is 31.0 Å². The molecule has 1 aliphatic heterocycles. The number of aliphatic imine (C=N–C) groups is 1. The van der Waals surface area contributed by atoms with Crippen LogP contribution in [0.5, 0.6) is 0 Å². The smallest absolute Gasteiger partial charge is 0.149 e. The quantitative estimate of drug-likeness (QED) is 0.562. The number of unbranched alkanes of at least 4 members (excludes halogenated alkanes) is 1. The fourth-order valence-electron chi connectivity index (χ4n) is 2.96. The third-order valence-electron chi connectivity index (χ3n) is 4.58. The van der Waals surface area contributed by atoms with Crippen LogP contribution in [0.3, 0.4) is 0 Å². The van der Waals surface area contributed by atoms with Crippen LogP contribution in [-0.2, 0) is 0 Å². The third-order valence-corrected chi connectivity index (χ3v) is 4.58. The van der Waals surface area contributed by atoms with E-state index in [9.17, 15) is 0 Å². The standard InChI is InChI=1S/C20H23N3.C4H10.C3H8/c1-4-10-15(2)21-19-17-13-8-9-14-18(17)23(3)20(22-19)16-11-6-5-7-12-16;1-3-4-2;1-3-2/h5-14,20H,4H2,1-3H3,(H,21,22);3-4H2,1-2H3;3H2,1-2H3/b15-10+;;. The Kier molecular flexibility index (Phi) is 12.3. The highest BCUT2D eigenvalue weighted by Gasteiger charge is 2.26. The fourth-order valence-corrected chi connectivity index (χ4v) is 2.96. The molecule has 0 amide bonds. The zero-order chi connectivity index (χ0) is 22.4. The minimum Gasteiger partial charge on any atom is -0.348 e. The maximum absolute atomic E-state index is 4.99. The molecule has 1 heterocycles. The van der Waals surface area contributed by atoms with Crippen LogP contribution >= 0.6 is 0 Å². The van der Waals surface area contributed by atoms with Gasteiger partial charge in [-0.15, -0.1) is 0 Å². The maximum Gasteiger partial charge on any atom is 0.149 e. The van der Waals surface area contributed by atoms with E-state index < -0.39 is 0 Å². The highest BCUT2D eigenvalue weighted by molar-refractivity contribution is 6.05. The molecule has 0 bridgehead atoms. The summed E-state index contributed by atoms with van der Waals surface area (Å²) >= 11 is 0. The second-order valence-electron chi connectivity index (χ2n) is 7.52. The number of nitrogens with one attached hydrogen (secondary N) is 1. The van der Waals surface area contributed by atoms with Gasteiger partial charge in [-0.1, -0.05) is 102 Å². The van der Waals surface area contributed by atoms with Gasteiger partial charge >= 0.3 is 0 Å². The highest BCUT2D eigenvalue weighted by Crippen LogP contribution is 2.34. The molecule has 0 aromatic heterocycles. The van der Waals surface area contributed by atoms with Gasteiger partial charge in [-0.3, -0.25) is 0 Å². The van der Waals surface area contributed by atoms with E-state index in [-0.39, 0.29) is 6.17 Å². The van der Waals surface area contributed by atoms with E-state index in [1.165, 1.54) is 30.5 Å².